The number of benzene rings is 2. The van der Waals surface area contributed by atoms with Gasteiger partial charge in [-0.3, -0.25) is 0 Å². The van der Waals surface area contributed by atoms with Gasteiger partial charge in [0, 0.05) is 22.3 Å². The Morgan fingerprint density at radius 3 is 2.71 bits per heavy atom. The summed E-state index contributed by atoms with van der Waals surface area (Å²) in [7, 11) is 0. The lowest BCUT2D eigenvalue weighted by atomic mass is 10.1. The number of aromatic amines is 1. The van der Waals surface area contributed by atoms with Crippen LogP contribution >= 0.6 is 0 Å². The topological polar surface area (TPSA) is 41.8 Å². The molecule has 0 unspecified atom stereocenters. The molecule has 3 heteroatoms. The quantitative estimate of drug-likeness (QED) is 0.612. The summed E-state index contributed by atoms with van der Waals surface area (Å²) in [4.78, 5) is 3.24. The Hall–Kier alpha value is -2.29. The van der Waals surface area contributed by atoms with Gasteiger partial charge in [0.2, 0.25) is 0 Å². The molecule has 0 aliphatic rings. The van der Waals surface area contributed by atoms with Gasteiger partial charge in [0.25, 0.3) is 0 Å². The van der Waals surface area contributed by atoms with Crippen LogP contribution in [0.15, 0.2) is 48.5 Å². The van der Waals surface area contributed by atoms with Crippen LogP contribution in [0.5, 0.6) is 0 Å². The molecular formula is C14H11FN2. The van der Waals surface area contributed by atoms with E-state index in [2.05, 4.69) is 4.98 Å². The third-order valence-corrected chi connectivity index (χ3v) is 2.78. The first kappa shape index (κ1) is 9.90. The number of anilines is 1. The first-order valence-corrected chi connectivity index (χ1v) is 5.36. The third-order valence-electron chi connectivity index (χ3n) is 2.78. The van der Waals surface area contributed by atoms with E-state index in [0.717, 1.165) is 22.2 Å². The summed E-state index contributed by atoms with van der Waals surface area (Å²) in [5, 5.41) is 0.863. The van der Waals surface area contributed by atoms with Gasteiger partial charge in [0.1, 0.15) is 5.82 Å². The van der Waals surface area contributed by atoms with Crippen LogP contribution in [0.1, 0.15) is 0 Å². The standard InChI is InChI=1S/C14H11FN2/c15-11-4-5-13-10(6-11)8-14(17-13)9-2-1-3-12(16)7-9/h1-8,17H,16H2. The van der Waals surface area contributed by atoms with Gasteiger partial charge < -0.3 is 10.7 Å². The Kier molecular flexibility index (Phi) is 2.11. The zero-order valence-corrected chi connectivity index (χ0v) is 9.07. The molecule has 3 rings (SSSR count). The highest BCUT2D eigenvalue weighted by Gasteiger charge is 2.04. The van der Waals surface area contributed by atoms with E-state index in [-0.39, 0.29) is 5.82 Å². The number of aromatic nitrogens is 1. The van der Waals surface area contributed by atoms with Gasteiger partial charge in [-0.15, -0.1) is 0 Å². The van der Waals surface area contributed by atoms with E-state index in [0.29, 0.717) is 5.69 Å². The zero-order chi connectivity index (χ0) is 11.8. The van der Waals surface area contributed by atoms with E-state index in [1.807, 2.05) is 30.3 Å². The molecule has 1 heterocycles. The second-order valence-electron chi connectivity index (χ2n) is 4.04. The first-order valence-electron chi connectivity index (χ1n) is 5.36. The van der Waals surface area contributed by atoms with E-state index in [1.165, 1.54) is 12.1 Å². The minimum Gasteiger partial charge on any atom is -0.399 e. The Bertz CT molecular complexity index is 686. The number of fused-ring (bicyclic) bond motifs is 1. The molecular weight excluding hydrogens is 215 g/mol. The molecule has 3 aromatic rings. The third kappa shape index (κ3) is 1.76. The van der Waals surface area contributed by atoms with E-state index < -0.39 is 0 Å². The summed E-state index contributed by atoms with van der Waals surface area (Å²) < 4.78 is 13.1. The molecule has 84 valence electrons. The Morgan fingerprint density at radius 2 is 1.88 bits per heavy atom. The summed E-state index contributed by atoms with van der Waals surface area (Å²) in [6.07, 6.45) is 0. The highest BCUT2D eigenvalue weighted by atomic mass is 19.1. The maximum Gasteiger partial charge on any atom is 0.123 e. The number of nitrogens with one attached hydrogen (secondary N) is 1. The monoisotopic (exact) mass is 226 g/mol. The van der Waals surface area contributed by atoms with Crippen molar-refractivity contribution in [3.05, 3.63) is 54.3 Å². The Balaban J connectivity index is 2.18. The summed E-state index contributed by atoms with van der Waals surface area (Å²) in [5.41, 5.74) is 9.32. The fourth-order valence-corrected chi connectivity index (χ4v) is 1.97. The molecule has 0 atom stereocenters. The average molecular weight is 226 g/mol. The summed E-state index contributed by atoms with van der Waals surface area (Å²) in [6.45, 7) is 0. The first-order chi connectivity index (χ1) is 8.22. The van der Waals surface area contributed by atoms with E-state index in [4.69, 9.17) is 5.73 Å². The summed E-state index contributed by atoms with van der Waals surface area (Å²) >= 11 is 0. The molecule has 0 radical (unpaired) electrons. The molecule has 0 bridgehead atoms. The fraction of sp³-hybridized carbons (Fsp3) is 0. The minimum absolute atomic E-state index is 0.226. The van der Waals surface area contributed by atoms with Crippen molar-refractivity contribution in [3.8, 4) is 11.3 Å². The summed E-state index contributed by atoms with van der Waals surface area (Å²) in [5.74, 6) is -0.226. The van der Waals surface area contributed by atoms with Gasteiger partial charge in [-0.2, -0.15) is 0 Å². The van der Waals surface area contributed by atoms with Crippen LogP contribution in [-0.4, -0.2) is 4.98 Å². The van der Waals surface area contributed by atoms with Crippen molar-refractivity contribution in [1.82, 2.24) is 4.98 Å². The van der Waals surface area contributed by atoms with Crippen LogP contribution in [0, 0.1) is 5.82 Å². The second-order valence-corrected chi connectivity index (χ2v) is 4.04. The molecule has 0 aliphatic carbocycles. The van der Waals surface area contributed by atoms with Crippen molar-refractivity contribution < 1.29 is 4.39 Å². The molecule has 1 aromatic heterocycles. The van der Waals surface area contributed by atoms with Crippen LogP contribution in [0.25, 0.3) is 22.2 Å². The van der Waals surface area contributed by atoms with Gasteiger partial charge in [-0.25, -0.2) is 4.39 Å². The predicted molar refractivity (Wildman–Crippen MR) is 68.1 cm³/mol. The lowest BCUT2D eigenvalue weighted by molar-refractivity contribution is 0.630. The maximum atomic E-state index is 13.1. The zero-order valence-electron chi connectivity index (χ0n) is 9.07. The lowest BCUT2D eigenvalue weighted by Gasteiger charge is -1.98. The molecule has 3 N–H and O–H groups in total. The number of hydrogen-bond donors (Lipinski definition) is 2. The van der Waals surface area contributed by atoms with Crippen molar-refractivity contribution in [2.75, 3.05) is 5.73 Å². The maximum absolute atomic E-state index is 13.1. The average Bonchev–Trinajstić information content (AvgIpc) is 2.72. The number of H-pyrrole nitrogens is 1. The highest BCUT2D eigenvalue weighted by Crippen LogP contribution is 2.25. The molecule has 2 aromatic carbocycles. The van der Waals surface area contributed by atoms with Gasteiger partial charge in [-0.1, -0.05) is 12.1 Å². The van der Waals surface area contributed by atoms with Crippen LogP contribution in [0.3, 0.4) is 0 Å². The van der Waals surface area contributed by atoms with Crippen molar-refractivity contribution in [2.24, 2.45) is 0 Å². The highest BCUT2D eigenvalue weighted by molar-refractivity contribution is 5.86. The summed E-state index contributed by atoms with van der Waals surface area (Å²) in [6, 6.07) is 14.2. The van der Waals surface area contributed by atoms with Crippen LogP contribution in [0.2, 0.25) is 0 Å². The molecule has 0 aliphatic heterocycles. The molecule has 17 heavy (non-hydrogen) atoms. The number of halogens is 1. The van der Waals surface area contributed by atoms with Crippen molar-refractivity contribution in [3.63, 3.8) is 0 Å². The van der Waals surface area contributed by atoms with Crippen molar-refractivity contribution in [2.45, 2.75) is 0 Å². The van der Waals surface area contributed by atoms with Crippen LogP contribution in [-0.2, 0) is 0 Å². The Labute approximate surface area is 97.9 Å². The second kappa shape index (κ2) is 3.63. The number of nitrogens with two attached hydrogens (primary N) is 1. The minimum atomic E-state index is -0.226. The molecule has 2 nitrogen and oxygen atoms in total. The SMILES string of the molecule is Nc1cccc(-c2cc3cc(F)ccc3[nH]2)c1. The van der Waals surface area contributed by atoms with E-state index in [1.54, 1.807) is 6.07 Å². The molecule has 0 saturated carbocycles. The number of rotatable bonds is 1. The lowest BCUT2D eigenvalue weighted by Crippen LogP contribution is -1.84. The molecule has 0 fully saturated rings. The van der Waals surface area contributed by atoms with Gasteiger partial charge in [0.15, 0.2) is 0 Å². The van der Waals surface area contributed by atoms with E-state index in [9.17, 15) is 4.39 Å². The Morgan fingerprint density at radius 1 is 1.00 bits per heavy atom. The predicted octanol–water partition coefficient (Wildman–Crippen LogP) is 3.56. The number of hydrogen-bond acceptors (Lipinski definition) is 1. The van der Waals surface area contributed by atoms with Crippen molar-refractivity contribution >= 4 is 16.6 Å². The molecule has 0 spiro atoms. The van der Waals surface area contributed by atoms with Gasteiger partial charge >= 0.3 is 0 Å². The van der Waals surface area contributed by atoms with Gasteiger partial charge in [-0.05, 0) is 42.0 Å². The fourth-order valence-electron chi connectivity index (χ4n) is 1.97. The van der Waals surface area contributed by atoms with Crippen LogP contribution < -0.4 is 5.73 Å². The largest absolute Gasteiger partial charge is 0.399 e. The van der Waals surface area contributed by atoms with Crippen molar-refractivity contribution in [1.29, 1.82) is 0 Å². The number of nitrogen functional groups attached to an aromatic ring is 1. The van der Waals surface area contributed by atoms with E-state index >= 15 is 0 Å². The molecule has 0 saturated heterocycles. The van der Waals surface area contributed by atoms with Crippen LogP contribution in [0.4, 0.5) is 10.1 Å². The van der Waals surface area contributed by atoms with Gasteiger partial charge in [0.05, 0.1) is 0 Å². The molecule has 0 amide bonds. The smallest absolute Gasteiger partial charge is 0.123 e. The normalized spacial score (nSPS) is 10.9.